The Bertz CT molecular complexity index is 1150. The fourth-order valence-electron chi connectivity index (χ4n) is 4.21. The molecule has 1 fully saturated rings. The van der Waals surface area contributed by atoms with E-state index in [9.17, 15) is 10.2 Å². The number of halogens is 2. The summed E-state index contributed by atoms with van der Waals surface area (Å²) in [6, 6.07) is 13.2. The van der Waals surface area contributed by atoms with E-state index in [1.54, 1.807) is 12.1 Å². The first-order valence-corrected chi connectivity index (χ1v) is 9.92. The number of piperidine rings is 1. The summed E-state index contributed by atoms with van der Waals surface area (Å²) in [7, 11) is 0. The van der Waals surface area contributed by atoms with Crippen LogP contribution >= 0.6 is 34.0 Å². The number of imidazole rings is 2. The Hall–Kier alpha value is -2.03. The summed E-state index contributed by atoms with van der Waals surface area (Å²) in [5.74, 6) is 0.651. The topological polar surface area (TPSA) is 65.9 Å². The molecular formula is C22H26Br2N4O2. The third-order valence-corrected chi connectivity index (χ3v) is 5.72. The summed E-state index contributed by atoms with van der Waals surface area (Å²) < 4.78 is 4.40. The van der Waals surface area contributed by atoms with Gasteiger partial charge in [-0.1, -0.05) is 18.6 Å². The monoisotopic (exact) mass is 536 g/mol. The molecule has 2 N–H and O–H groups in total. The van der Waals surface area contributed by atoms with Gasteiger partial charge in [0.15, 0.2) is 11.5 Å². The number of hydrogen-bond donors (Lipinski definition) is 2. The van der Waals surface area contributed by atoms with Crippen LogP contribution in [0.5, 0.6) is 11.5 Å². The number of aromatic nitrogens is 3. The van der Waals surface area contributed by atoms with Gasteiger partial charge in [-0.15, -0.1) is 34.0 Å². The molecule has 2 aromatic heterocycles. The molecule has 0 spiro atoms. The lowest BCUT2D eigenvalue weighted by Crippen LogP contribution is -2.32. The highest BCUT2D eigenvalue weighted by Crippen LogP contribution is 2.31. The van der Waals surface area contributed by atoms with E-state index < -0.39 is 0 Å². The minimum absolute atomic E-state index is 0. The van der Waals surface area contributed by atoms with E-state index in [4.69, 9.17) is 4.98 Å². The Morgan fingerprint density at radius 2 is 1.57 bits per heavy atom. The molecule has 4 aromatic rings. The molecule has 0 saturated carbocycles. The fraction of sp³-hybridized carbons (Fsp3) is 0.318. The van der Waals surface area contributed by atoms with Gasteiger partial charge in [0.2, 0.25) is 5.78 Å². The second-order valence-corrected chi connectivity index (χ2v) is 7.54. The van der Waals surface area contributed by atoms with Crippen LogP contribution in [0.2, 0.25) is 0 Å². The molecule has 0 atom stereocenters. The van der Waals surface area contributed by atoms with E-state index in [1.165, 1.54) is 43.9 Å². The molecule has 0 aliphatic carbocycles. The summed E-state index contributed by atoms with van der Waals surface area (Å²) in [6.45, 7) is 4.29. The molecule has 1 saturated heterocycles. The second kappa shape index (κ2) is 9.41. The average Bonchev–Trinajstić information content (AvgIpc) is 3.27. The highest BCUT2D eigenvalue weighted by Gasteiger charge is 2.17. The molecule has 6 nitrogen and oxygen atoms in total. The number of fused-ring (bicyclic) bond motifs is 3. The lowest BCUT2D eigenvalue weighted by Gasteiger charge is -2.26. The number of benzene rings is 2. The normalized spacial score (nSPS) is 14.5. The molecular weight excluding hydrogens is 512 g/mol. The number of para-hydroxylation sites is 2. The number of aromatic hydroxyl groups is 2. The largest absolute Gasteiger partial charge is 0.504 e. The Balaban J connectivity index is 0.00000128. The molecule has 0 radical (unpaired) electrons. The minimum Gasteiger partial charge on any atom is -0.504 e. The smallest absolute Gasteiger partial charge is 0.215 e. The predicted octanol–water partition coefficient (Wildman–Crippen LogP) is 5.01. The summed E-state index contributed by atoms with van der Waals surface area (Å²) >= 11 is 0. The van der Waals surface area contributed by atoms with Crippen LogP contribution in [0.3, 0.4) is 0 Å². The van der Waals surface area contributed by atoms with Crippen molar-refractivity contribution in [3.63, 3.8) is 0 Å². The van der Waals surface area contributed by atoms with E-state index in [0.717, 1.165) is 35.6 Å². The summed E-state index contributed by atoms with van der Waals surface area (Å²) in [5, 5.41) is 19.4. The summed E-state index contributed by atoms with van der Waals surface area (Å²) in [4.78, 5) is 7.41. The Labute approximate surface area is 196 Å². The van der Waals surface area contributed by atoms with E-state index in [-0.39, 0.29) is 45.5 Å². The van der Waals surface area contributed by atoms with Crippen LogP contribution in [-0.4, -0.2) is 48.7 Å². The molecule has 30 heavy (non-hydrogen) atoms. The number of likely N-dealkylation sites (tertiary alicyclic amines) is 1. The van der Waals surface area contributed by atoms with E-state index in [1.807, 2.05) is 12.3 Å². The van der Waals surface area contributed by atoms with E-state index in [2.05, 4.69) is 32.1 Å². The third-order valence-electron chi connectivity index (χ3n) is 5.72. The van der Waals surface area contributed by atoms with Crippen LogP contribution in [0, 0.1) is 0 Å². The Kier molecular flexibility index (Phi) is 7.10. The zero-order valence-corrected chi connectivity index (χ0v) is 20.0. The van der Waals surface area contributed by atoms with Crippen molar-refractivity contribution in [3.8, 4) is 22.8 Å². The molecule has 0 amide bonds. The van der Waals surface area contributed by atoms with Gasteiger partial charge in [-0.25, -0.2) is 4.98 Å². The van der Waals surface area contributed by atoms with Crippen molar-refractivity contribution in [3.05, 3.63) is 48.7 Å². The van der Waals surface area contributed by atoms with Crippen molar-refractivity contribution in [2.24, 2.45) is 0 Å². The van der Waals surface area contributed by atoms with Gasteiger partial charge in [-0.2, -0.15) is 0 Å². The first kappa shape index (κ1) is 22.7. The average molecular weight is 538 g/mol. The van der Waals surface area contributed by atoms with Gasteiger partial charge in [0, 0.05) is 24.8 Å². The van der Waals surface area contributed by atoms with Gasteiger partial charge in [0.25, 0.3) is 0 Å². The van der Waals surface area contributed by atoms with Crippen molar-refractivity contribution >= 4 is 50.8 Å². The first-order chi connectivity index (χ1) is 13.7. The second-order valence-electron chi connectivity index (χ2n) is 7.54. The lowest BCUT2D eigenvalue weighted by atomic mass is 10.1. The maximum absolute atomic E-state index is 9.85. The number of rotatable bonds is 4. The molecule has 5 rings (SSSR count). The van der Waals surface area contributed by atoms with Crippen LogP contribution in [0.4, 0.5) is 0 Å². The number of phenols is 2. The molecule has 160 valence electrons. The van der Waals surface area contributed by atoms with E-state index in [0.29, 0.717) is 0 Å². The zero-order valence-electron chi connectivity index (χ0n) is 16.6. The number of nitrogens with zero attached hydrogens (tertiary/aromatic N) is 4. The number of phenolic OH excluding ortho intramolecular Hbond substituents is 2. The van der Waals surface area contributed by atoms with Crippen molar-refractivity contribution < 1.29 is 10.2 Å². The SMILES string of the molecule is Br.Br.Oc1ccc(-c2cn3c4ccccc4n(CCN4CCCCC4)c3n2)cc1O. The van der Waals surface area contributed by atoms with Crippen LogP contribution < -0.4 is 0 Å². The van der Waals surface area contributed by atoms with Crippen molar-refractivity contribution in [1.29, 1.82) is 0 Å². The van der Waals surface area contributed by atoms with Gasteiger partial charge in [-0.3, -0.25) is 4.40 Å². The number of hydrogen-bond acceptors (Lipinski definition) is 4. The minimum atomic E-state index is -0.131. The van der Waals surface area contributed by atoms with Gasteiger partial charge in [-0.05, 0) is 56.3 Å². The molecule has 3 heterocycles. The molecule has 1 aliphatic rings. The third kappa shape index (κ3) is 4.08. The van der Waals surface area contributed by atoms with Crippen molar-refractivity contribution in [2.75, 3.05) is 19.6 Å². The zero-order chi connectivity index (χ0) is 19.1. The molecule has 0 bridgehead atoms. The molecule has 8 heteroatoms. The first-order valence-electron chi connectivity index (χ1n) is 9.92. The summed E-state index contributed by atoms with van der Waals surface area (Å²) in [5.41, 5.74) is 3.87. The highest BCUT2D eigenvalue weighted by molar-refractivity contribution is 8.93. The van der Waals surface area contributed by atoms with Crippen LogP contribution in [-0.2, 0) is 6.54 Å². The van der Waals surface area contributed by atoms with Gasteiger partial charge < -0.3 is 19.7 Å². The van der Waals surface area contributed by atoms with Gasteiger partial charge in [0.1, 0.15) is 0 Å². The van der Waals surface area contributed by atoms with Gasteiger partial charge in [0.05, 0.1) is 16.7 Å². The Morgan fingerprint density at radius 3 is 2.30 bits per heavy atom. The predicted molar refractivity (Wildman–Crippen MR) is 130 cm³/mol. The maximum atomic E-state index is 9.85. The van der Waals surface area contributed by atoms with Crippen LogP contribution in [0.25, 0.3) is 28.1 Å². The maximum Gasteiger partial charge on any atom is 0.215 e. The van der Waals surface area contributed by atoms with Gasteiger partial charge >= 0.3 is 0 Å². The highest BCUT2D eigenvalue weighted by atomic mass is 79.9. The lowest BCUT2D eigenvalue weighted by molar-refractivity contribution is 0.222. The van der Waals surface area contributed by atoms with E-state index >= 15 is 0 Å². The van der Waals surface area contributed by atoms with Crippen molar-refractivity contribution in [1.82, 2.24) is 18.9 Å². The summed E-state index contributed by atoms with van der Waals surface area (Å²) in [6.07, 6.45) is 5.93. The quantitative estimate of drug-likeness (QED) is 0.359. The standard InChI is InChI=1S/C22H24N4O2.2BrH/c27-20-9-8-16(14-21(20)28)17-15-26-19-7-3-2-6-18(19)25(22(26)23-17)13-12-24-10-4-1-5-11-24;;/h2-3,6-9,14-15,27-28H,1,4-5,10-13H2;2*1H. The molecule has 0 unspecified atom stereocenters. The molecule has 2 aromatic carbocycles. The van der Waals surface area contributed by atoms with Crippen LogP contribution in [0.15, 0.2) is 48.7 Å². The molecule has 1 aliphatic heterocycles. The Morgan fingerprint density at radius 1 is 0.833 bits per heavy atom. The fourth-order valence-corrected chi connectivity index (χ4v) is 4.21. The van der Waals surface area contributed by atoms with Crippen LogP contribution in [0.1, 0.15) is 19.3 Å². The van der Waals surface area contributed by atoms with Crippen molar-refractivity contribution in [2.45, 2.75) is 25.8 Å².